The normalized spacial score (nSPS) is 10.8. The lowest BCUT2D eigenvalue weighted by Gasteiger charge is -2.13. The molecule has 9 heteroatoms. The number of hydrogen-bond donors (Lipinski definition) is 1. The molecule has 1 amide bonds. The van der Waals surface area contributed by atoms with Gasteiger partial charge in [0.2, 0.25) is 11.6 Å². The molecule has 0 aliphatic carbocycles. The smallest absolute Gasteiger partial charge is 0.342 e. The molecule has 0 aliphatic rings. The van der Waals surface area contributed by atoms with Crippen molar-refractivity contribution in [2.45, 2.75) is 26.9 Å². The summed E-state index contributed by atoms with van der Waals surface area (Å²) in [5, 5.41) is 2.79. The number of amides is 1. The maximum absolute atomic E-state index is 12.9. The summed E-state index contributed by atoms with van der Waals surface area (Å²) in [6.45, 7) is 3.49. The van der Waals surface area contributed by atoms with Crippen LogP contribution in [0.25, 0.3) is 11.1 Å². The van der Waals surface area contributed by atoms with Crippen LogP contribution in [0.5, 0.6) is 0 Å². The number of aromatic nitrogens is 2. The minimum atomic E-state index is -0.656. The van der Waals surface area contributed by atoms with E-state index in [9.17, 15) is 14.4 Å². The van der Waals surface area contributed by atoms with E-state index >= 15 is 0 Å². The topological polar surface area (TPSA) is 107 Å². The Balaban J connectivity index is 1.76. The summed E-state index contributed by atoms with van der Waals surface area (Å²) in [5.74, 6) is -0.764. The number of rotatable bonds is 7. The molecule has 2 heterocycles. The first kappa shape index (κ1) is 21.1. The lowest BCUT2D eigenvalue weighted by Crippen LogP contribution is -2.32. The number of carbonyl (C=O) groups excluding carboxylic acids is 2. The highest BCUT2D eigenvalue weighted by atomic mass is 16.5. The van der Waals surface area contributed by atoms with Crippen molar-refractivity contribution in [3.63, 3.8) is 0 Å². The maximum Gasteiger partial charge on any atom is 0.342 e. The van der Waals surface area contributed by atoms with E-state index in [1.807, 2.05) is 43.3 Å². The number of nitrogens with zero attached hydrogens (tertiary/aromatic N) is 3. The van der Waals surface area contributed by atoms with Crippen molar-refractivity contribution < 1.29 is 18.7 Å². The van der Waals surface area contributed by atoms with Crippen LogP contribution in [0, 0.1) is 6.92 Å². The third-order valence-corrected chi connectivity index (χ3v) is 4.59. The minimum Gasteiger partial charge on any atom is -0.462 e. The second-order valence-electron chi connectivity index (χ2n) is 6.95. The summed E-state index contributed by atoms with van der Waals surface area (Å²) in [4.78, 5) is 43.5. The first-order valence-corrected chi connectivity index (χ1v) is 9.50. The Labute approximate surface area is 173 Å². The van der Waals surface area contributed by atoms with Crippen molar-refractivity contribution in [3.05, 3.63) is 57.8 Å². The molecule has 158 valence electrons. The summed E-state index contributed by atoms with van der Waals surface area (Å²) in [6.07, 6.45) is 1.23. The van der Waals surface area contributed by atoms with Gasteiger partial charge in [0.25, 0.3) is 5.56 Å². The standard InChI is InChI=1S/C21H24N4O5/c1-5-29-21(28)17-13(2)30-19-18(17)20(27)25(12-23-19)11-16(26)22-10-14-6-8-15(9-7-14)24(3)4/h6-9,12H,5,10-11H2,1-4H3,(H,22,26). The van der Waals surface area contributed by atoms with Crippen molar-refractivity contribution in [2.24, 2.45) is 0 Å². The first-order chi connectivity index (χ1) is 14.3. The van der Waals surface area contributed by atoms with Crippen LogP contribution in [0.3, 0.4) is 0 Å². The molecule has 3 aromatic rings. The Bertz CT molecular complexity index is 1130. The molecule has 0 bridgehead atoms. The number of carbonyl (C=O) groups is 2. The van der Waals surface area contributed by atoms with Crippen molar-refractivity contribution in [2.75, 3.05) is 25.6 Å². The molecule has 2 aromatic heterocycles. The highest BCUT2D eigenvalue weighted by molar-refractivity contribution is 6.03. The fraction of sp³-hybridized carbons (Fsp3) is 0.333. The number of anilines is 1. The zero-order chi connectivity index (χ0) is 21.8. The average molecular weight is 412 g/mol. The van der Waals surface area contributed by atoms with Crippen LogP contribution in [0.4, 0.5) is 5.69 Å². The fourth-order valence-corrected chi connectivity index (χ4v) is 3.02. The molecule has 0 radical (unpaired) electrons. The van der Waals surface area contributed by atoms with Gasteiger partial charge in [0.1, 0.15) is 29.6 Å². The zero-order valence-electron chi connectivity index (χ0n) is 17.4. The Hall–Kier alpha value is -3.62. The molecule has 0 saturated heterocycles. The molecular weight excluding hydrogens is 388 g/mol. The van der Waals surface area contributed by atoms with Crippen molar-refractivity contribution in [1.29, 1.82) is 0 Å². The van der Waals surface area contributed by atoms with Gasteiger partial charge in [0, 0.05) is 26.3 Å². The van der Waals surface area contributed by atoms with Crippen molar-refractivity contribution in [3.8, 4) is 0 Å². The van der Waals surface area contributed by atoms with Gasteiger partial charge >= 0.3 is 5.97 Å². The number of ether oxygens (including phenoxy) is 1. The molecule has 0 aliphatic heterocycles. The van der Waals surface area contributed by atoms with E-state index < -0.39 is 11.5 Å². The molecule has 9 nitrogen and oxygen atoms in total. The Kier molecular flexibility index (Phi) is 6.20. The maximum atomic E-state index is 12.9. The third kappa shape index (κ3) is 4.35. The molecule has 0 spiro atoms. The number of esters is 1. The van der Waals surface area contributed by atoms with E-state index in [2.05, 4.69) is 10.3 Å². The van der Waals surface area contributed by atoms with Crippen molar-refractivity contribution >= 4 is 28.7 Å². The minimum absolute atomic E-state index is 0.0144. The van der Waals surface area contributed by atoms with E-state index in [0.29, 0.717) is 6.54 Å². The molecule has 3 rings (SSSR count). The van der Waals surface area contributed by atoms with E-state index in [0.717, 1.165) is 15.8 Å². The molecule has 1 aromatic carbocycles. The Morgan fingerprint density at radius 3 is 2.57 bits per heavy atom. The van der Waals surface area contributed by atoms with Crippen LogP contribution in [0.1, 0.15) is 28.6 Å². The predicted molar refractivity (Wildman–Crippen MR) is 112 cm³/mol. The second-order valence-corrected chi connectivity index (χ2v) is 6.95. The summed E-state index contributed by atoms with van der Waals surface area (Å²) < 4.78 is 11.6. The number of benzene rings is 1. The van der Waals surface area contributed by atoms with Crippen LogP contribution >= 0.6 is 0 Å². The van der Waals surface area contributed by atoms with Crippen LogP contribution in [0.2, 0.25) is 0 Å². The van der Waals surface area contributed by atoms with Crippen LogP contribution in [-0.2, 0) is 22.6 Å². The SMILES string of the molecule is CCOC(=O)c1c(C)oc2ncn(CC(=O)NCc3ccc(N(C)C)cc3)c(=O)c12. The van der Waals surface area contributed by atoms with Gasteiger partial charge in [0.05, 0.1) is 6.61 Å². The first-order valence-electron chi connectivity index (χ1n) is 9.50. The van der Waals surface area contributed by atoms with Gasteiger partial charge in [-0.05, 0) is 31.5 Å². The van der Waals surface area contributed by atoms with Gasteiger partial charge in [-0.1, -0.05) is 12.1 Å². The average Bonchev–Trinajstić information content (AvgIpc) is 3.06. The molecule has 30 heavy (non-hydrogen) atoms. The number of nitrogens with one attached hydrogen (secondary N) is 1. The lowest BCUT2D eigenvalue weighted by atomic mass is 10.2. The van der Waals surface area contributed by atoms with E-state index in [-0.39, 0.29) is 41.5 Å². The molecule has 0 unspecified atom stereocenters. The molecule has 1 N–H and O–H groups in total. The molecule has 0 saturated carbocycles. The summed E-state index contributed by atoms with van der Waals surface area (Å²) in [5.41, 5.74) is 1.54. The van der Waals surface area contributed by atoms with Gasteiger partial charge in [-0.25, -0.2) is 9.78 Å². The summed E-state index contributed by atoms with van der Waals surface area (Å²) in [6, 6.07) is 7.77. The quantitative estimate of drug-likeness (QED) is 0.590. The Morgan fingerprint density at radius 1 is 1.23 bits per heavy atom. The number of hydrogen-bond acceptors (Lipinski definition) is 7. The number of fused-ring (bicyclic) bond motifs is 1. The zero-order valence-corrected chi connectivity index (χ0v) is 17.4. The monoisotopic (exact) mass is 412 g/mol. The largest absolute Gasteiger partial charge is 0.462 e. The van der Waals surface area contributed by atoms with Gasteiger partial charge in [-0.2, -0.15) is 0 Å². The second kappa shape index (κ2) is 8.81. The van der Waals surface area contributed by atoms with Gasteiger partial charge in [0.15, 0.2) is 0 Å². The predicted octanol–water partition coefficient (Wildman–Crippen LogP) is 1.86. The fourth-order valence-electron chi connectivity index (χ4n) is 3.02. The highest BCUT2D eigenvalue weighted by Gasteiger charge is 2.24. The van der Waals surface area contributed by atoms with Crippen molar-refractivity contribution in [1.82, 2.24) is 14.9 Å². The summed E-state index contributed by atoms with van der Waals surface area (Å²) >= 11 is 0. The van der Waals surface area contributed by atoms with Crippen LogP contribution < -0.4 is 15.8 Å². The van der Waals surface area contributed by atoms with E-state index in [4.69, 9.17) is 9.15 Å². The molecule has 0 atom stereocenters. The van der Waals surface area contributed by atoms with Gasteiger partial charge in [-0.3, -0.25) is 14.2 Å². The van der Waals surface area contributed by atoms with Crippen LogP contribution in [-0.4, -0.2) is 42.1 Å². The lowest BCUT2D eigenvalue weighted by molar-refractivity contribution is -0.121. The third-order valence-electron chi connectivity index (χ3n) is 4.59. The van der Waals surface area contributed by atoms with Gasteiger partial charge in [-0.15, -0.1) is 0 Å². The number of aryl methyl sites for hydroxylation is 1. The van der Waals surface area contributed by atoms with Gasteiger partial charge < -0.3 is 19.4 Å². The Morgan fingerprint density at radius 2 is 1.93 bits per heavy atom. The van der Waals surface area contributed by atoms with E-state index in [1.165, 1.54) is 6.33 Å². The highest BCUT2D eigenvalue weighted by Crippen LogP contribution is 2.21. The molecular formula is C21H24N4O5. The molecule has 0 fully saturated rings. The van der Waals surface area contributed by atoms with Crippen LogP contribution in [0.15, 0.2) is 39.8 Å². The summed E-state index contributed by atoms with van der Waals surface area (Å²) in [7, 11) is 3.91. The number of furan rings is 1. The van der Waals surface area contributed by atoms with E-state index in [1.54, 1.807) is 13.8 Å².